The molecule has 0 aliphatic rings. The number of nitrogens with one attached hydrogen (secondary N) is 1. The van der Waals surface area contributed by atoms with Gasteiger partial charge in [0.2, 0.25) is 5.91 Å². The molecular formula is C21H24N4OS. The van der Waals surface area contributed by atoms with Crippen molar-refractivity contribution in [3.8, 4) is 0 Å². The first-order valence-corrected chi connectivity index (χ1v) is 9.83. The van der Waals surface area contributed by atoms with Gasteiger partial charge in [0.1, 0.15) is 11.6 Å². The van der Waals surface area contributed by atoms with Gasteiger partial charge >= 0.3 is 0 Å². The van der Waals surface area contributed by atoms with Crippen molar-refractivity contribution >= 4 is 23.4 Å². The van der Waals surface area contributed by atoms with Crippen LogP contribution in [0.4, 0.5) is 5.69 Å². The number of carbonyl (C=O) groups is 1. The molecule has 2 aromatic carbocycles. The maximum Gasteiger partial charge on any atom is 0.242 e. The molecule has 1 atom stereocenters. The van der Waals surface area contributed by atoms with Gasteiger partial charge < -0.3 is 9.88 Å². The predicted molar refractivity (Wildman–Crippen MR) is 110 cm³/mol. The van der Waals surface area contributed by atoms with Crippen LogP contribution in [0.3, 0.4) is 0 Å². The van der Waals surface area contributed by atoms with E-state index in [1.54, 1.807) is 6.33 Å². The normalized spacial score (nSPS) is 12.2. The summed E-state index contributed by atoms with van der Waals surface area (Å²) in [7, 11) is 0. The number of aromatic nitrogens is 3. The minimum absolute atomic E-state index is 0.0711. The summed E-state index contributed by atoms with van der Waals surface area (Å²) in [6, 6.07) is 16.1. The lowest BCUT2D eigenvalue weighted by atomic mass is 10.1. The molecule has 0 spiro atoms. The third-order valence-electron chi connectivity index (χ3n) is 4.31. The van der Waals surface area contributed by atoms with Crippen LogP contribution in [0.1, 0.15) is 41.8 Å². The number of hydrogen-bond donors (Lipinski definition) is 1. The van der Waals surface area contributed by atoms with Crippen LogP contribution >= 0.6 is 11.8 Å². The Morgan fingerprint density at radius 1 is 1.11 bits per heavy atom. The summed E-state index contributed by atoms with van der Waals surface area (Å²) in [4.78, 5) is 13.2. The van der Waals surface area contributed by atoms with E-state index in [9.17, 15) is 4.79 Å². The fourth-order valence-corrected chi connectivity index (χ4v) is 3.89. The molecule has 1 aromatic heterocycles. The number of thioether (sulfide) groups is 1. The number of hydrogen-bond acceptors (Lipinski definition) is 4. The van der Waals surface area contributed by atoms with Crippen LogP contribution in [0.5, 0.6) is 0 Å². The Balaban J connectivity index is 1.91. The zero-order valence-corrected chi connectivity index (χ0v) is 16.8. The number of rotatable bonds is 6. The minimum Gasteiger partial charge on any atom is -0.325 e. The van der Waals surface area contributed by atoms with Gasteiger partial charge in [-0.05, 0) is 50.5 Å². The van der Waals surface area contributed by atoms with Gasteiger partial charge in [0.25, 0.3) is 0 Å². The molecule has 0 saturated carbocycles. The smallest absolute Gasteiger partial charge is 0.242 e. The minimum atomic E-state index is -0.423. The Hall–Kier alpha value is -2.60. The second kappa shape index (κ2) is 8.39. The molecule has 140 valence electrons. The highest BCUT2D eigenvalue weighted by atomic mass is 32.2. The Kier molecular flexibility index (Phi) is 5.96. The summed E-state index contributed by atoms with van der Waals surface area (Å²) in [6.07, 6.45) is 1.71. The lowest BCUT2D eigenvalue weighted by Gasteiger charge is -2.19. The van der Waals surface area contributed by atoms with E-state index in [1.807, 2.05) is 66.9 Å². The number of aryl methyl sites for hydroxylation is 2. The maximum absolute atomic E-state index is 13.2. The summed E-state index contributed by atoms with van der Waals surface area (Å²) >= 11 is 1.42. The molecule has 0 radical (unpaired) electrons. The van der Waals surface area contributed by atoms with Crippen molar-refractivity contribution in [2.45, 2.75) is 44.1 Å². The number of amides is 1. The maximum atomic E-state index is 13.2. The van der Waals surface area contributed by atoms with Gasteiger partial charge in [-0.2, -0.15) is 0 Å². The Bertz CT molecular complexity index is 921. The third kappa shape index (κ3) is 4.57. The molecule has 1 N–H and O–H groups in total. The van der Waals surface area contributed by atoms with Gasteiger partial charge in [-0.3, -0.25) is 4.79 Å². The molecule has 5 nitrogen and oxygen atoms in total. The van der Waals surface area contributed by atoms with Crippen molar-refractivity contribution in [1.82, 2.24) is 14.8 Å². The van der Waals surface area contributed by atoms with E-state index in [4.69, 9.17) is 0 Å². The topological polar surface area (TPSA) is 59.8 Å². The molecular weight excluding hydrogens is 356 g/mol. The summed E-state index contributed by atoms with van der Waals surface area (Å²) in [5, 5.41) is 11.6. The average Bonchev–Trinajstić information content (AvgIpc) is 3.12. The van der Waals surface area contributed by atoms with Crippen molar-refractivity contribution in [3.05, 3.63) is 71.5 Å². The van der Waals surface area contributed by atoms with Crippen LogP contribution in [0.25, 0.3) is 0 Å². The highest BCUT2D eigenvalue weighted by molar-refractivity contribution is 8.00. The molecule has 0 saturated heterocycles. The average molecular weight is 381 g/mol. The van der Waals surface area contributed by atoms with Gasteiger partial charge in [0, 0.05) is 11.7 Å². The number of nitrogens with zero attached hydrogens (tertiary/aromatic N) is 3. The predicted octanol–water partition coefficient (Wildman–Crippen LogP) is 4.95. The second-order valence-electron chi connectivity index (χ2n) is 6.83. The molecule has 0 bridgehead atoms. The Morgan fingerprint density at radius 3 is 2.56 bits per heavy atom. The van der Waals surface area contributed by atoms with Crippen LogP contribution in [0.15, 0.2) is 60.0 Å². The standard InChI is InChI=1S/C21H24N4OS/c1-14(2)25-13-22-24-21(25)27-19(17-8-6-5-7-9-17)20(26)23-18-12-15(3)10-11-16(18)4/h5-14,19H,1-4H3,(H,23,26)/t19-/m1/s1. The van der Waals surface area contributed by atoms with E-state index in [1.165, 1.54) is 11.8 Å². The van der Waals surface area contributed by atoms with E-state index in [2.05, 4.69) is 29.4 Å². The Morgan fingerprint density at radius 2 is 1.85 bits per heavy atom. The molecule has 0 aliphatic heterocycles. The molecule has 0 aliphatic carbocycles. The molecule has 1 heterocycles. The van der Waals surface area contributed by atoms with E-state index in [-0.39, 0.29) is 11.9 Å². The molecule has 6 heteroatoms. The number of carbonyl (C=O) groups excluding carboxylic acids is 1. The molecule has 0 unspecified atom stereocenters. The molecule has 3 rings (SSSR count). The second-order valence-corrected chi connectivity index (χ2v) is 7.90. The van der Waals surface area contributed by atoms with Crippen LogP contribution in [-0.2, 0) is 4.79 Å². The zero-order valence-electron chi connectivity index (χ0n) is 16.0. The highest BCUT2D eigenvalue weighted by Gasteiger charge is 2.25. The first kappa shape index (κ1) is 19.2. The fourth-order valence-electron chi connectivity index (χ4n) is 2.75. The van der Waals surface area contributed by atoms with Gasteiger partial charge in [-0.1, -0.05) is 54.2 Å². The van der Waals surface area contributed by atoms with Crippen molar-refractivity contribution in [2.75, 3.05) is 5.32 Å². The van der Waals surface area contributed by atoms with Crippen molar-refractivity contribution in [1.29, 1.82) is 0 Å². The largest absolute Gasteiger partial charge is 0.325 e. The lowest BCUT2D eigenvalue weighted by Crippen LogP contribution is -2.20. The molecule has 0 fully saturated rings. The summed E-state index contributed by atoms with van der Waals surface area (Å²) in [5.41, 5.74) is 3.92. The van der Waals surface area contributed by atoms with Crippen LogP contribution in [0, 0.1) is 13.8 Å². The van der Waals surface area contributed by atoms with E-state index in [0.717, 1.165) is 27.5 Å². The van der Waals surface area contributed by atoms with Crippen LogP contribution in [0.2, 0.25) is 0 Å². The van der Waals surface area contributed by atoms with Crippen molar-refractivity contribution < 1.29 is 4.79 Å². The molecule has 3 aromatic rings. The van der Waals surface area contributed by atoms with Gasteiger partial charge in [-0.25, -0.2) is 0 Å². The summed E-state index contributed by atoms with van der Waals surface area (Å²) < 4.78 is 1.98. The van der Waals surface area contributed by atoms with Gasteiger partial charge in [0.15, 0.2) is 5.16 Å². The quantitative estimate of drug-likeness (QED) is 0.615. The van der Waals surface area contributed by atoms with Gasteiger partial charge in [-0.15, -0.1) is 10.2 Å². The summed E-state index contributed by atoms with van der Waals surface area (Å²) in [6.45, 7) is 8.15. The fraction of sp³-hybridized carbons (Fsp3) is 0.286. The SMILES string of the molecule is Cc1ccc(C)c(NC(=O)[C@H](Sc2nncn2C(C)C)c2ccccc2)c1. The van der Waals surface area contributed by atoms with E-state index < -0.39 is 5.25 Å². The van der Waals surface area contributed by atoms with E-state index >= 15 is 0 Å². The highest BCUT2D eigenvalue weighted by Crippen LogP contribution is 2.36. The molecule has 27 heavy (non-hydrogen) atoms. The number of benzene rings is 2. The van der Waals surface area contributed by atoms with E-state index in [0.29, 0.717) is 0 Å². The monoisotopic (exact) mass is 380 g/mol. The number of anilines is 1. The first-order valence-electron chi connectivity index (χ1n) is 8.95. The van der Waals surface area contributed by atoms with Crippen molar-refractivity contribution in [2.24, 2.45) is 0 Å². The zero-order chi connectivity index (χ0) is 19.4. The molecule has 1 amide bonds. The van der Waals surface area contributed by atoms with Crippen molar-refractivity contribution in [3.63, 3.8) is 0 Å². The Labute approximate surface area is 164 Å². The third-order valence-corrected chi connectivity index (χ3v) is 5.54. The van der Waals surface area contributed by atoms with Crippen LogP contribution < -0.4 is 5.32 Å². The first-order chi connectivity index (χ1) is 13.0. The van der Waals surface area contributed by atoms with Crippen LogP contribution in [-0.4, -0.2) is 20.7 Å². The lowest BCUT2D eigenvalue weighted by molar-refractivity contribution is -0.115. The summed E-state index contributed by atoms with van der Waals surface area (Å²) in [5.74, 6) is -0.0711. The van der Waals surface area contributed by atoms with Gasteiger partial charge in [0.05, 0.1) is 0 Å².